The Labute approximate surface area is 431 Å². The van der Waals surface area contributed by atoms with Gasteiger partial charge in [0.1, 0.15) is 41.1 Å². The summed E-state index contributed by atoms with van der Waals surface area (Å²) >= 11 is 12.3. The highest BCUT2D eigenvalue weighted by Gasteiger charge is 2.53. The number of allylic oxidation sites excluding steroid dienone is 4. The molecule has 72 heavy (non-hydrogen) atoms. The van der Waals surface area contributed by atoms with E-state index in [1.54, 1.807) is 53.7 Å². The molecular weight excluding hydrogens is 983 g/mol. The lowest BCUT2D eigenvalue weighted by atomic mass is 9.88. The number of aromatic hydroxyl groups is 2. The van der Waals surface area contributed by atoms with Gasteiger partial charge in [-0.2, -0.15) is 0 Å². The summed E-state index contributed by atoms with van der Waals surface area (Å²) in [5.74, 6) is -5.00. The van der Waals surface area contributed by atoms with Crippen molar-refractivity contribution in [1.82, 2.24) is 0 Å². The summed E-state index contributed by atoms with van der Waals surface area (Å²) in [5, 5.41) is 76.0. The highest BCUT2D eigenvalue weighted by molar-refractivity contribution is 6.39. The highest BCUT2D eigenvalue weighted by Crippen LogP contribution is 2.45. The van der Waals surface area contributed by atoms with Crippen LogP contribution >= 0.6 is 23.2 Å². The number of phenolic OH excluding ortho intramolecular Hbond substituents is 2. The van der Waals surface area contributed by atoms with Crippen LogP contribution in [0.2, 0.25) is 10.0 Å². The minimum Gasteiger partial charge on any atom is -0.505 e. The van der Waals surface area contributed by atoms with Crippen LogP contribution in [0.4, 0.5) is 0 Å². The molecule has 18 nitrogen and oxygen atoms in total. The first kappa shape index (κ1) is 60.7. The molecule has 14 atom stereocenters. The second-order valence-electron chi connectivity index (χ2n) is 19.4. The number of hydrogen-bond acceptors (Lipinski definition) is 18. The minimum absolute atomic E-state index is 0.0402. The number of benzene rings is 1. The van der Waals surface area contributed by atoms with E-state index in [9.17, 15) is 50.1 Å². The number of phenols is 2. The summed E-state index contributed by atoms with van der Waals surface area (Å²) in [5.41, 5.74) is 0.204. The molecule has 7 N–H and O–H groups in total. The molecule has 3 aliphatic heterocycles. The van der Waals surface area contributed by atoms with Crippen LogP contribution in [0.1, 0.15) is 111 Å². The maximum atomic E-state index is 14.0. The van der Waals surface area contributed by atoms with Crippen LogP contribution in [0.15, 0.2) is 58.7 Å². The first-order valence-electron chi connectivity index (χ1n) is 24.2. The number of halogens is 2. The molecule has 0 aromatic heterocycles. The van der Waals surface area contributed by atoms with Crippen molar-refractivity contribution in [3.63, 3.8) is 0 Å². The van der Waals surface area contributed by atoms with E-state index in [0.29, 0.717) is 23.1 Å². The van der Waals surface area contributed by atoms with Crippen LogP contribution in [0.3, 0.4) is 0 Å². The van der Waals surface area contributed by atoms with Gasteiger partial charge in [-0.3, -0.25) is 4.79 Å². The van der Waals surface area contributed by atoms with Gasteiger partial charge < -0.3 is 73.6 Å². The Morgan fingerprint density at radius 3 is 2.17 bits per heavy atom. The van der Waals surface area contributed by atoms with E-state index in [0.717, 1.165) is 0 Å². The Kier molecular flexibility index (Phi) is 22.4. The summed E-state index contributed by atoms with van der Waals surface area (Å²) < 4.78 is 48.0. The number of hydrogen-bond donors (Lipinski definition) is 7. The molecule has 0 saturated carbocycles. The van der Waals surface area contributed by atoms with E-state index < -0.39 is 144 Å². The van der Waals surface area contributed by atoms with Gasteiger partial charge in [-0.15, -0.1) is 0 Å². The van der Waals surface area contributed by atoms with Crippen molar-refractivity contribution in [3.05, 3.63) is 79.9 Å². The number of cyclic esters (lactones) is 1. The van der Waals surface area contributed by atoms with E-state index in [-0.39, 0.29) is 35.4 Å². The van der Waals surface area contributed by atoms with E-state index in [1.165, 1.54) is 33.1 Å². The van der Waals surface area contributed by atoms with Gasteiger partial charge in [0.25, 0.3) is 0 Å². The second kappa shape index (κ2) is 26.5. The number of aliphatic hydroxyl groups is 5. The lowest BCUT2D eigenvalue weighted by Crippen LogP contribution is -2.64. The third-order valence-electron chi connectivity index (χ3n) is 13.0. The van der Waals surface area contributed by atoms with Gasteiger partial charge in [-0.1, -0.05) is 86.9 Å². The van der Waals surface area contributed by atoms with Crippen molar-refractivity contribution in [2.45, 2.75) is 187 Å². The van der Waals surface area contributed by atoms with Crippen molar-refractivity contribution < 1.29 is 88.0 Å². The van der Waals surface area contributed by atoms with Gasteiger partial charge in [-0.05, 0) is 90.5 Å². The average Bonchev–Trinajstić information content (AvgIpc) is 3.32. The number of rotatable bonds is 13. The number of aliphatic hydroxyl groups excluding tert-OH is 5. The molecular formula is C52H74Cl2O18. The average molecular weight is 1060 g/mol. The van der Waals surface area contributed by atoms with Gasteiger partial charge in [0, 0.05) is 19.4 Å². The molecule has 3 heterocycles. The van der Waals surface area contributed by atoms with Crippen molar-refractivity contribution in [3.8, 4) is 11.5 Å². The summed E-state index contributed by atoms with van der Waals surface area (Å²) in [7, 11) is 1.26. The van der Waals surface area contributed by atoms with Crippen molar-refractivity contribution >= 4 is 41.1 Å². The SMILES string of the molecule is CCc1c(Cl)c(O)c(Cl)c(O)c1C(=O)O[C@@H]1[C@@H](O)[C@H](C)O[C@H](OC/C2=C\C=C\CC(O)/C(C)=C/C(CC)C(O[C@@H]3OC(C)(C)[C@@H](O)[C@H](O)[C@@H]3OC(=O)C(C)C)/C(C)=C/C(C)=C/CC(C(C)O)OC2=O)[C@@H]1OC. The number of ether oxygens (including phenoxy) is 8. The van der Waals surface area contributed by atoms with Crippen LogP contribution < -0.4 is 0 Å². The van der Waals surface area contributed by atoms with Gasteiger partial charge >= 0.3 is 17.9 Å². The third kappa shape index (κ3) is 14.7. The molecule has 5 unspecified atom stereocenters. The molecule has 4 rings (SSSR count). The number of methoxy groups -OCH3 is 1. The Balaban J connectivity index is 1.68. The van der Waals surface area contributed by atoms with E-state index in [4.69, 9.17) is 61.1 Å². The minimum atomic E-state index is -1.55. The van der Waals surface area contributed by atoms with E-state index >= 15 is 0 Å². The van der Waals surface area contributed by atoms with Gasteiger partial charge in [0.05, 0.1) is 53.1 Å². The Hall–Kier alpha value is -3.89. The standard InChI is InChI=1S/C52H74Cl2O18/c1-13-30-22-26(6)33(56)18-16-15-17-31(23-66-50-45(65-12)43(38(57)29(9)67-50)69-49(64)35-32(14-2)36(53)40(59)37(54)39(35)58)48(63)68-34(28(8)55)20-19-25(5)21-27(7)42(30)71-51-44(70-47(62)24(3)4)41(60)46(61)52(10,11)72-51/h15-17,19,21-22,24,28-30,33-34,38,41-46,50-51,55-61H,13-14,18,20,23H2,1-12H3/b16-15+,25-19+,26-22+,27-21+,31-17+/t28?,29-,30?,33?,34?,38-,41+,42?,43+,44-,45+,46-,50-,51+/m0/s1. The fourth-order valence-corrected chi connectivity index (χ4v) is 9.04. The lowest BCUT2D eigenvalue weighted by Gasteiger charge is -2.47. The third-order valence-corrected chi connectivity index (χ3v) is 13.8. The molecule has 0 amide bonds. The van der Waals surface area contributed by atoms with Crippen LogP contribution in [-0.4, -0.2) is 153 Å². The Morgan fingerprint density at radius 2 is 1.57 bits per heavy atom. The second-order valence-corrected chi connectivity index (χ2v) is 20.1. The molecule has 0 aliphatic carbocycles. The fraction of sp³-hybridized carbons (Fsp3) is 0.635. The molecule has 2 fully saturated rings. The zero-order valence-electron chi connectivity index (χ0n) is 43.0. The summed E-state index contributed by atoms with van der Waals surface area (Å²) in [6, 6.07) is 0. The monoisotopic (exact) mass is 1060 g/mol. The zero-order valence-corrected chi connectivity index (χ0v) is 44.5. The topological polar surface area (TPSA) is 267 Å². The lowest BCUT2D eigenvalue weighted by molar-refractivity contribution is -0.333. The van der Waals surface area contributed by atoms with Crippen molar-refractivity contribution in [2.75, 3.05) is 13.7 Å². The number of carbonyl (C=O) groups is 3. The first-order valence-corrected chi connectivity index (χ1v) is 24.9. The summed E-state index contributed by atoms with van der Waals surface area (Å²) in [6.45, 7) is 17.9. The summed E-state index contributed by atoms with van der Waals surface area (Å²) in [6.07, 6.45) is -5.60. The molecule has 1 aromatic rings. The van der Waals surface area contributed by atoms with Crippen molar-refractivity contribution in [2.24, 2.45) is 11.8 Å². The van der Waals surface area contributed by atoms with Crippen LogP contribution in [0.5, 0.6) is 11.5 Å². The summed E-state index contributed by atoms with van der Waals surface area (Å²) in [4.78, 5) is 40.6. The first-order chi connectivity index (χ1) is 33.7. The van der Waals surface area contributed by atoms with Gasteiger partial charge in [0.2, 0.25) is 0 Å². The molecule has 20 heteroatoms. The Bertz CT molecular complexity index is 2220. The van der Waals surface area contributed by atoms with E-state index in [1.807, 2.05) is 32.9 Å². The van der Waals surface area contributed by atoms with Gasteiger partial charge in [0.15, 0.2) is 36.3 Å². The van der Waals surface area contributed by atoms with Crippen LogP contribution in [-0.2, 0) is 53.9 Å². The molecule has 0 spiro atoms. The molecule has 3 aliphatic rings. The predicted octanol–water partition coefficient (Wildman–Crippen LogP) is 6.23. The van der Waals surface area contributed by atoms with Crippen LogP contribution in [0.25, 0.3) is 0 Å². The normalized spacial score (nSPS) is 34.8. The zero-order chi connectivity index (χ0) is 54.1. The fourth-order valence-electron chi connectivity index (χ4n) is 8.48. The number of esters is 3. The van der Waals surface area contributed by atoms with Gasteiger partial charge in [-0.25, -0.2) is 9.59 Å². The molecule has 404 valence electrons. The maximum Gasteiger partial charge on any atom is 0.342 e. The maximum absolute atomic E-state index is 14.0. The number of carbonyl (C=O) groups excluding carboxylic acids is 3. The molecule has 1 aromatic carbocycles. The largest absolute Gasteiger partial charge is 0.505 e. The van der Waals surface area contributed by atoms with Crippen LogP contribution in [0, 0.1) is 11.8 Å². The predicted molar refractivity (Wildman–Crippen MR) is 265 cm³/mol. The smallest absolute Gasteiger partial charge is 0.342 e. The van der Waals surface area contributed by atoms with E-state index in [2.05, 4.69) is 0 Å². The Morgan fingerprint density at radius 1 is 0.903 bits per heavy atom. The quantitative estimate of drug-likeness (QED) is 0.0655. The molecule has 0 bridgehead atoms. The highest BCUT2D eigenvalue weighted by atomic mass is 35.5. The molecule has 0 radical (unpaired) electrons. The van der Waals surface area contributed by atoms with Crippen molar-refractivity contribution in [1.29, 1.82) is 0 Å². The molecule has 2 saturated heterocycles.